The van der Waals surface area contributed by atoms with E-state index in [0.717, 1.165) is 18.4 Å². The Bertz CT molecular complexity index is 377. The lowest BCUT2D eigenvalue weighted by Crippen LogP contribution is -2.40. The predicted molar refractivity (Wildman–Crippen MR) is 76.5 cm³/mol. The number of nitrogens with one attached hydrogen (secondary N) is 1. The summed E-state index contributed by atoms with van der Waals surface area (Å²) in [5.41, 5.74) is 6.65. The molecule has 0 aliphatic heterocycles. The third-order valence-electron chi connectivity index (χ3n) is 3.52. The standard InChI is InChI=1S/C15H24N2O2/c1-3-11(4-2)13(18)10-17-15(19)14(16)12-8-6-5-7-9-12/h5-9,11,13-14,18H,3-4,10,16H2,1-2H3,(H,17,19)/t13?,14-/m0/s1. The molecule has 19 heavy (non-hydrogen) atoms. The van der Waals surface area contributed by atoms with Crippen LogP contribution in [0.5, 0.6) is 0 Å². The molecule has 0 spiro atoms. The van der Waals surface area contributed by atoms with Crippen LogP contribution in [-0.4, -0.2) is 23.7 Å². The van der Waals surface area contributed by atoms with Crippen molar-refractivity contribution in [1.29, 1.82) is 0 Å². The van der Waals surface area contributed by atoms with E-state index in [2.05, 4.69) is 5.32 Å². The Morgan fingerprint density at radius 1 is 1.26 bits per heavy atom. The van der Waals surface area contributed by atoms with Crippen molar-refractivity contribution in [2.45, 2.75) is 38.8 Å². The topological polar surface area (TPSA) is 75.3 Å². The molecule has 1 unspecified atom stereocenters. The van der Waals surface area contributed by atoms with Gasteiger partial charge in [-0.05, 0) is 11.5 Å². The number of nitrogens with two attached hydrogens (primary N) is 1. The third kappa shape index (κ3) is 4.65. The van der Waals surface area contributed by atoms with E-state index in [9.17, 15) is 9.90 Å². The fraction of sp³-hybridized carbons (Fsp3) is 0.533. The molecule has 0 heterocycles. The van der Waals surface area contributed by atoms with Gasteiger partial charge in [0.05, 0.1) is 6.10 Å². The van der Waals surface area contributed by atoms with Crippen molar-refractivity contribution in [2.24, 2.45) is 11.7 Å². The minimum absolute atomic E-state index is 0.216. The van der Waals surface area contributed by atoms with E-state index < -0.39 is 12.1 Å². The van der Waals surface area contributed by atoms with Crippen LogP contribution in [0.2, 0.25) is 0 Å². The second-order valence-corrected chi connectivity index (χ2v) is 4.78. The summed E-state index contributed by atoms with van der Waals surface area (Å²) < 4.78 is 0. The van der Waals surface area contributed by atoms with Gasteiger partial charge in [-0.25, -0.2) is 0 Å². The first-order valence-corrected chi connectivity index (χ1v) is 6.86. The molecule has 4 heteroatoms. The van der Waals surface area contributed by atoms with Crippen molar-refractivity contribution >= 4 is 5.91 Å². The molecule has 0 aliphatic rings. The summed E-state index contributed by atoms with van der Waals surface area (Å²) in [4.78, 5) is 11.9. The van der Waals surface area contributed by atoms with Gasteiger partial charge >= 0.3 is 0 Å². The summed E-state index contributed by atoms with van der Waals surface area (Å²) >= 11 is 0. The van der Waals surface area contributed by atoms with Gasteiger partial charge in [0, 0.05) is 6.54 Å². The number of benzene rings is 1. The van der Waals surface area contributed by atoms with Crippen molar-refractivity contribution in [2.75, 3.05) is 6.54 Å². The molecule has 0 saturated heterocycles. The van der Waals surface area contributed by atoms with Crippen molar-refractivity contribution in [3.05, 3.63) is 35.9 Å². The molecule has 0 saturated carbocycles. The highest BCUT2D eigenvalue weighted by Gasteiger charge is 2.19. The van der Waals surface area contributed by atoms with Crippen LogP contribution in [-0.2, 0) is 4.79 Å². The van der Waals surface area contributed by atoms with Crippen LogP contribution in [0.25, 0.3) is 0 Å². The highest BCUT2D eigenvalue weighted by molar-refractivity contribution is 5.82. The number of hydrogen-bond donors (Lipinski definition) is 3. The van der Waals surface area contributed by atoms with Gasteiger partial charge in [0.15, 0.2) is 0 Å². The van der Waals surface area contributed by atoms with Crippen LogP contribution in [0.3, 0.4) is 0 Å². The molecular weight excluding hydrogens is 240 g/mol. The summed E-state index contributed by atoms with van der Waals surface area (Å²) in [6, 6.07) is 8.53. The molecule has 1 aromatic rings. The van der Waals surface area contributed by atoms with Crippen LogP contribution in [0.4, 0.5) is 0 Å². The van der Waals surface area contributed by atoms with E-state index in [-0.39, 0.29) is 18.4 Å². The molecule has 4 N–H and O–H groups in total. The quantitative estimate of drug-likeness (QED) is 0.700. The smallest absolute Gasteiger partial charge is 0.241 e. The average molecular weight is 264 g/mol. The zero-order chi connectivity index (χ0) is 14.3. The summed E-state index contributed by atoms with van der Waals surface area (Å²) in [5, 5.41) is 12.7. The maximum Gasteiger partial charge on any atom is 0.241 e. The summed E-state index contributed by atoms with van der Waals surface area (Å²) in [7, 11) is 0. The van der Waals surface area contributed by atoms with Gasteiger partial charge in [-0.1, -0.05) is 57.0 Å². The second-order valence-electron chi connectivity index (χ2n) is 4.78. The van der Waals surface area contributed by atoms with E-state index in [1.807, 2.05) is 44.2 Å². The molecule has 2 atom stereocenters. The molecule has 0 bridgehead atoms. The summed E-state index contributed by atoms with van der Waals surface area (Å²) in [6.07, 6.45) is 1.29. The SMILES string of the molecule is CCC(CC)C(O)CNC(=O)[C@@H](N)c1ccccc1. The van der Waals surface area contributed by atoms with Gasteiger partial charge in [-0.2, -0.15) is 0 Å². The predicted octanol–water partition coefficient (Wildman–Crippen LogP) is 1.60. The van der Waals surface area contributed by atoms with Gasteiger partial charge in [0.2, 0.25) is 5.91 Å². The first-order valence-electron chi connectivity index (χ1n) is 6.86. The molecule has 0 aromatic heterocycles. The number of carbonyl (C=O) groups excluding carboxylic acids is 1. The Balaban J connectivity index is 2.47. The highest BCUT2D eigenvalue weighted by Crippen LogP contribution is 2.13. The van der Waals surface area contributed by atoms with Gasteiger partial charge in [0.1, 0.15) is 6.04 Å². The maximum atomic E-state index is 11.9. The minimum Gasteiger partial charge on any atom is -0.391 e. The molecular formula is C15H24N2O2. The van der Waals surface area contributed by atoms with Crippen molar-refractivity contribution in [3.63, 3.8) is 0 Å². The van der Waals surface area contributed by atoms with Gasteiger partial charge in [-0.15, -0.1) is 0 Å². The van der Waals surface area contributed by atoms with Crippen LogP contribution < -0.4 is 11.1 Å². The average Bonchev–Trinajstić information content (AvgIpc) is 2.46. The lowest BCUT2D eigenvalue weighted by atomic mass is 9.96. The Hall–Kier alpha value is -1.39. The summed E-state index contributed by atoms with van der Waals surface area (Å²) in [6.45, 7) is 4.33. The van der Waals surface area contributed by atoms with Crippen LogP contribution in [0, 0.1) is 5.92 Å². The van der Waals surface area contributed by atoms with E-state index in [4.69, 9.17) is 5.73 Å². The molecule has 1 aromatic carbocycles. The fourth-order valence-corrected chi connectivity index (χ4v) is 2.13. The first-order chi connectivity index (χ1) is 9.10. The van der Waals surface area contributed by atoms with E-state index in [0.29, 0.717) is 0 Å². The molecule has 1 rings (SSSR count). The molecule has 0 aliphatic carbocycles. The molecule has 4 nitrogen and oxygen atoms in total. The molecule has 106 valence electrons. The van der Waals surface area contributed by atoms with E-state index in [1.165, 1.54) is 0 Å². The van der Waals surface area contributed by atoms with E-state index in [1.54, 1.807) is 0 Å². The Kier molecular flexibility index (Phi) is 6.53. The maximum absolute atomic E-state index is 11.9. The van der Waals surface area contributed by atoms with Crippen LogP contribution in [0.1, 0.15) is 38.3 Å². The lowest BCUT2D eigenvalue weighted by molar-refractivity contribution is -0.123. The number of hydrogen-bond acceptors (Lipinski definition) is 3. The van der Waals surface area contributed by atoms with Crippen molar-refractivity contribution in [3.8, 4) is 0 Å². The molecule has 1 amide bonds. The number of rotatable bonds is 7. The van der Waals surface area contributed by atoms with Crippen LogP contribution in [0.15, 0.2) is 30.3 Å². The zero-order valence-electron chi connectivity index (χ0n) is 11.7. The molecule has 0 fully saturated rings. The molecule has 0 radical (unpaired) electrons. The summed E-state index contributed by atoms with van der Waals surface area (Å²) in [5.74, 6) is -0.0375. The second kappa shape index (κ2) is 7.92. The van der Waals surface area contributed by atoms with Gasteiger partial charge < -0.3 is 16.2 Å². The number of aliphatic hydroxyl groups is 1. The Morgan fingerprint density at radius 2 is 1.84 bits per heavy atom. The fourth-order valence-electron chi connectivity index (χ4n) is 2.13. The monoisotopic (exact) mass is 264 g/mol. The lowest BCUT2D eigenvalue weighted by Gasteiger charge is -2.21. The third-order valence-corrected chi connectivity index (χ3v) is 3.52. The van der Waals surface area contributed by atoms with Gasteiger partial charge in [-0.3, -0.25) is 4.79 Å². The van der Waals surface area contributed by atoms with Crippen molar-refractivity contribution < 1.29 is 9.90 Å². The van der Waals surface area contributed by atoms with Gasteiger partial charge in [0.25, 0.3) is 0 Å². The van der Waals surface area contributed by atoms with Crippen LogP contribution >= 0.6 is 0 Å². The zero-order valence-corrected chi connectivity index (χ0v) is 11.7. The van der Waals surface area contributed by atoms with E-state index >= 15 is 0 Å². The minimum atomic E-state index is -0.685. The highest BCUT2D eigenvalue weighted by atomic mass is 16.3. The van der Waals surface area contributed by atoms with Crippen molar-refractivity contribution in [1.82, 2.24) is 5.32 Å². The Labute approximate surface area is 115 Å². The largest absolute Gasteiger partial charge is 0.391 e. The number of aliphatic hydroxyl groups excluding tert-OH is 1. The normalized spacial score (nSPS) is 14.2. The number of carbonyl (C=O) groups is 1. The first kappa shape index (κ1) is 15.7. The Morgan fingerprint density at radius 3 is 2.37 bits per heavy atom. The number of amides is 1.